The van der Waals surface area contributed by atoms with Gasteiger partial charge in [-0.2, -0.15) is 0 Å². The maximum atomic E-state index is 4.11. The van der Waals surface area contributed by atoms with Crippen LogP contribution in [0.25, 0.3) is 77.9 Å². The Morgan fingerprint density at radius 1 is 0.619 bits per heavy atom. The van der Waals surface area contributed by atoms with Crippen molar-refractivity contribution in [1.29, 1.82) is 0 Å². The van der Waals surface area contributed by atoms with E-state index in [1.807, 2.05) is 6.08 Å². The van der Waals surface area contributed by atoms with Crippen molar-refractivity contribution >= 4 is 50.6 Å². The third-order valence-corrected chi connectivity index (χ3v) is 14.6. The number of anilines is 3. The van der Waals surface area contributed by atoms with Crippen LogP contribution in [0.5, 0.6) is 0 Å². The van der Waals surface area contributed by atoms with Gasteiger partial charge < -0.3 is 4.90 Å². The molecule has 0 N–H and O–H groups in total. The second-order valence-electron chi connectivity index (χ2n) is 17.1. The van der Waals surface area contributed by atoms with Gasteiger partial charge in [0.15, 0.2) is 0 Å². The van der Waals surface area contributed by atoms with Gasteiger partial charge in [0, 0.05) is 37.8 Å². The minimum atomic E-state index is 0.313. The van der Waals surface area contributed by atoms with Crippen LogP contribution in [0.1, 0.15) is 70.9 Å². The molecule has 0 aliphatic heterocycles. The summed E-state index contributed by atoms with van der Waals surface area (Å²) in [6.07, 6.45) is 9.52. The van der Waals surface area contributed by atoms with Crippen LogP contribution in [0, 0.1) is 6.92 Å². The molecule has 0 unspecified atom stereocenters. The summed E-state index contributed by atoms with van der Waals surface area (Å²) in [4.78, 5) is 3.71. The summed E-state index contributed by atoms with van der Waals surface area (Å²) in [7, 11) is 0. The molecule has 304 valence electrons. The van der Waals surface area contributed by atoms with Crippen LogP contribution < -0.4 is 4.90 Å². The summed E-state index contributed by atoms with van der Waals surface area (Å²) in [5.74, 6) is 0.313. The average molecular weight is 828 g/mol. The quantitative estimate of drug-likeness (QED) is 0.133. The van der Waals surface area contributed by atoms with E-state index in [0.717, 1.165) is 30.6 Å². The fourth-order valence-corrected chi connectivity index (χ4v) is 11.5. The summed E-state index contributed by atoms with van der Waals surface area (Å²) in [6.45, 7) is 10.8. The lowest BCUT2D eigenvalue weighted by molar-refractivity contribution is 0.712. The smallest absolute Gasteiger partial charge is 0.0543 e. The number of aryl methyl sites for hydroxylation is 1. The van der Waals surface area contributed by atoms with Crippen molar-refractivity contribution in [2.75, 3.05) is 4.90 Å². The van der Waals surface area contributed by atoms with Crippen LogP contribution in [0.2, 0.25) is 0 Å². The fraction of sp³-hybridized carbons (Fsp3) is 0.115. The van der Waals surface area contributed by atoms with Crippen molar-refractivity contribution in [3.8, 4) is 55.6 Å². The largest absolute Gasteiger partial charge is 0.310 e. The minimum absolute atomic E-state index is 0.313. The van der Waals surface area contributed by atoms with E-state index in [0.29, 0.717) is 5.92 Å². The zero-order valence-corrected chi connectivity index (χ0v) is 37.0. The molecule has 8 aromatic carbocycles. The second kappa shape index (κ2) is 16.0. The fourth-order valence-electron chi connectivity index (χ4n) is 10.5. The first-order valence-electron chi connectivity index (χ1n) is 22.4. The monoisotopic (exact) mass is 827 g/mol. The number of rotatable bonds is 10. The van der Waals surface area contributed by atoms with E-state index in [-0.39, 0.29) is 0 Å². The number of hydrogen-bond acceptors (Lipinski definition) is 2. The van der Waals surface area contributed by atoms with Gasteiger partial charge in [-0.25, -0.2) is 0 Å². The number of nitrogens with zero attached hydrogens (tertiary/aromatic N) is 1. The lowest BCUT2D eigenvalue weighted by Gasteiger charge is -2.29. The van der Waals surface area contributed by atoms with Gasteiger partial charge in [-0.3, -0.25) is 0 Å². The van der Waals surface area contributed by atoms with Crippen molar-refractivity contribution < 1.29 is 0 Å². The number of allylic oxidation sites excluding steroid dienone is 1. The predicted octanol–water partition coefficient (Wildman–Crippen LogP) is 17.8. The normalized spacial score (nSPS) is 13.5. The number of fused-ring (bicyclic) bond motifs is 7. The van der Waals surface area contributed by atoms with Gasteiger partial charge in [-0.05, 0) is 159 Å². The molecule has 1 nitrogen and oxygen atoms in total. The molecule has 2 aliphatic carbocycles. The summed E-state index contributed by atoms with van der Waals surface area (Å²) in [6, 6.07) is 64.0. The van der Waals surface area contributed by atoms with E-state index < -0.39 is 0 Å². The Bertz CT molecular complexity index is 3250. The van der Waals surface area contributed by atoms with Crippen molar-refractivity contribution in [2.24, 2.45) is 0 Å². The maximum absolute atomic E-state index is 4.11. The first-order valence-corrected chi connectivity index (χ1v) is 23.2. The number of benzene rings is 8. The van der Waals surface area contributed by atoms with E-state index in [9.17, 15) is 0 Å². The first kappa shape index (κ1) is 38.9. The maximum Gasteiger partial charge on any atom is 0.0543 e. The highest BCUT2D eigenvalue weighted by molar-refractivity contribution is 7.20. The van der Waals surface area contributed by atoms with E-state index in [2.05, 4.69) is 214 Å². The van der Waals surface area contributed by atoms with Crippen LogP contribution in [0.3, 0.4) is 0 Å². The summed E-state index contributed by atoms with van der Waals surface area (Å²) >= 11 is 1.80. The Hall–Kier alpha value is -7.00. The first-order chi connectivity index (χ1) is 31.0. The Balaban J connectivity index is 1.07. The third kappa shape index (κ3) is 6.60. The van der Waals surface area contributed by atoms with Gasteiger partial charge in [0.1, 0.15) is 0 Å². The lowest BCUT2D eigenvalue weighted by atomic mass is 9.85. The minimum Gasteiger partial charge on any atom is -0.310 e. The van der Waals surface area contributed by atoms with E-state index in [1.54, 1.807) is 11.3 Å². The molecular weight excluding hydrogens is 779 g/mol. The molecule has 0 saturated carbocycles. The zero-order valence-electron chi connectivity index (χ0n) is 36.2. The highest BCUT2D eigenvalue weighted by Crippen LogP contribution is 2.56. The molecule has 2 heteroatoms. The summed E-state index contributed by atoms with van der Waals surface area (Å²) in [5.41, 5.74) is 24.6. The predicted molar refractivity (Wildman–Crippen MR) is 273 cm³/mol. The molecule has 0 saturated heterocycles. The molecule has 2 aliphatic rings. The molecule has 1 heterocycles. The van der Waals surface area contributed by atoms with Gasteiger partial charge in [-0.1, -0.05) is 159 Å². The molecule has 9 aromatic rings. The van der Waals surface area contributed by atoms with Crippen LogP contribution in [-0.4, -0.2) is 0 Å². The van der Waals surface area contributed by atoms with Gasteiger partial charge in [0.25, 0.3) is 0 Å². The Morgan fingerprint density at radius 2 is 1.25 bits per heavy atom. The highest BCUT2D eigenvalue weighted by atomic mass is 32.1. The highest BCUT2D eigenvalue weighted by Gasteiger charge is 2.35. The summed E-state index contributed by atoms with van der Waals surface area (Å²) in [5, 5.41) is 1.27. The van der Waals surface area contributed by atoms with Gasteiger partial charge >= 0.3 is 0 Å². The van der Waals surface area contributed by atoms with Gasteiger partial charge in [0.2, 0.25) is 0 Å². The van der Waals surface area contributed by atoms with E-state index in [4.69, 9.17) is 0 Å². The molecule has 0 fully saturated rings. The van der Waals surface area contributed by atoms with Crippen molar-refractivity contribution in [2.45, 2.75) is 46.0 Å². The Kier molecular flexibility index (Phi) is 9.90. The standard InChI is InChI=1S/C61H49NS/c1-5-14-51-56-38-43(28-35-59(56)63-58(51)7-3)41-26-31-47(32-27-41)62(46-29-24-40(25-30-46)42-22-23-45-36-44-17-9-11-19-49(44)55(45)37-42)57-34-33-54(48-18-10-8-16-39(48)4)60-52(15-6-2)50-20-12-13-21-53(50)61(57)60/h5,7-14,16-35,37-38,52H,3,6,15,36H2,1-2,4H3/b14-5-/t52-/m0/s1. The number of hydrogen-bond donors (Lipinski definition) is 0. The van der Waals surface area contributed by atoms with Gasteiger partial charge in [0.05, 0.1) is 5.69 Å². The van der Waals surface area contributed by atoms with Crippen LogP contribution in [0.4, 0.5) is 17.1 Å². The van der Waals surface area contributed by atoms with Crippen LogP contribution in [0.15, 0.2) is 183 Å². The average Bonchev–Trinajstić information content (AvgIpc) is 3.99. The van der Waals surface area contributed by atoms with Gasteiger partial charge in [-0.15, -0.1) is 11.3 Å². The van der Waals surface area contributed by atoms with Crippen LogP contribution in [-0.2, 0) is 6.42 Å². The van der Waals surface area contributed by atoms with Crippen molar-refractivity contribution in [3.63, 3.8) is 0 Å². The third-order valence-electron chi connectivity index (χ3n) is 13.4. The SMILES string of the molecule is C=Cc1sc2ccc(-c3ccc(N(c4ccc(-c5ccc6c(c5)-c5ccccc5C6)cc4)c4ccc(-c5ccccc5C)c5c4-c4ccccc4[C@@H]5CCC)cc3)cc2c1/C=C\C. The van der Waals surface area contributed by atoms with Crippen molar-refractivity contribution in [3.05, 3.63) is 221 Å². The van der Waals surface area contributed by atoms with E-state index in [1.165, 1.54) is 110 Å². The van der Waals surface area contributed by atoms with E-state index >= 15 is 0 Å². The molecule has 1 aromatic heterocycles. The number of thiophene rings is 1. The molecule has 0 radical (unpaired) electrons. The Labute approximate surface area is 376 Å². The molecule has 63 heavy (non-hydrogen) atoms. The molecule has 0 amide bonds. The Morgan fingerprint density at radius 3 is 1.97 bits per heavy atom. The molecule has 0 bridgehead atoms. The molecular formula is C61H49NS. The molecule has 0 spiro atoms. The second-order valence-corrected chi connectivity index (χ2v) is 18.2. The topological polar surface area (TPSA) is 3.24 Å². The van der Waals surface area contributed by atoms with Crippen LogP contribution >= 0.6 is 11.3 Å². The van der Waals surface area contributed by atoms with Crippen molar-refractivity contribution in [1.82, 2.24) is 0 Å². The molecule has 11 rings (SSSR count). The zero-order chi connectivity index (χ0) is 42.6. The summed E-state index contributed by atoms with van der Waals surface area (Å²) < 4.78 is 1.28. The lowest BCUT2D eigenvalue weighted by Crippen LogP contribution is -2.12. The molecule has 1 atom stereocenters.